The van der Waals surface area contributed by atoms with Crippen molar-refractivity contribution >= 4 is 23.2 Å². The lowest BCUT2D eigenvalue weighted by atomic mass is 9.84. The van der Waals surface area contributed by atoms with Crippen LogP contribution in [0, 0.1) is 23.6 Å². The van der Waals surface area contributed by atoms with E-state index in [9.17, 15) is 14.0 Å². The smallest absolute Gasteiger partial charge is 0.229 e. The van der Waals surface area contributed by atoms with E-state index in [0.29, 0.717) is 17.5 Å². The van der Waals surface area contributed by atoms with E-state index in [-0.39, 0.29) is 35.9 Å². The van der Waals surface area contributed by atoms with Gasteiger partial charge in [-0.3, -0.25) is 9.59 Å². The Morgan fingerprint density at radius 3 is 2.50 bits per heavy atom. The molecule has 2 bridgehead atoms. The Bertz CT molecular complexity index is 885. The molecule has 2 aromatic rings. The fourth-order valence-corrected chi connectivity index (χ4v) is 4.62. The Morgan fingerprint density at radius 2 is 1.79 bits per heavy atom. The Kier molecular flexibility index (Phi) is 5.13. The fourth-order valence-electron chi connectivity index (χ4n) is 4.62. The first-order valence-electron chi connectivity index (χ1n) is 9.71. The number of carbonyl (C=O) groups is 2. The number of halogens is 1. The quantitative estimate of drug-likeness (QED) is 0.743. The summed E-state index contributed by atoms with van der Waals surface area (Å²) in [7, 11) is 0. The predicted molar refractivity (Wildman–Crippen MR) is 106 cm³/mol. The molecular weight excluding hydrogens is 357 g/mol. The minimum absolute atomic E-state index is 0.0518. The fraction of sp³-hybridized carbons (Fsp3) is 0.364. The summed E-state index contributed by atoms with van der Waals surface area (Å²) in [5.41, 5.74) is 7.58. The lowest BCUT2D eigenvalue weighted by Gasteiger charge is -2.27. The number of fused-ring (bicyclic) bond motifs is 2. The highest BCUT2D eigenvalue weighted by molar-refractivity contribution is 5.96. The van der Waals surface area contributed by atoms with Crippen molar-refractivity contribution in [2.24, 2.45) is 23.5 Å². The van der Waals surface area contributed by atoms with Crippen LogP contribution in [0.5, 0.6) is 0 Å². The summed E-state index contributed by atoms with van der Waals surface area (Å²) >= 11 is 0. The predicted octanol–water partition coefficient (Wildman–Crippen LogP) is 3.32. The van der Waals surface area contributed by atoms with E-state index < -0.39 is 5.82 Å². The van der Waals surface area contributed by atoms with Gasteiger partial charge in [0.25, 0.3) is 0 Å². The first kappa shape index (κ1) is 18.6. The largest absolute Gasteiger partial charge is 0.327 e. The Balaban J connectivity index is 1.42. The molecule has 4 N–H and O–H groups in total. The molecule has 4 rings (SSSR count). The molecule has 4 atom stereocenters. The molecule has 5 nitrogen and oxygen atoms in total. The van der Waals surface area contributed by atoms with Gasteiger partial charge in [-0.2, -0.15) is 0 Å². The van der Waals surface area contributed by atoms with Crippen LogP contribution in [-0.2, 0) is 16.0 Å². The van der Waals surface area contributed by atoms with Gasteiger partial charge < -0.3 is 16.4 Å². The van der Waals surface area contributed by atoms with Crippen LogP contribution in [-0.4, -0.2) is 17.9 Å². The van der Waals surface area contributed by atoms with Gasteiger partial charge in [0.15, 0.2) is 0 Å². The van der Waals surface area contributed by atoms with E-state index >= 15 is 0 Å². The third kappa shape index (κ3) is 3.78. The van der Waals surface area contributed by atoms with E-state index in [1.165, 1.54) is 18.2 Å². The minimum Gasteiger partial charge on any atom is -0.327 e. The topological polar surface area (TPSA) is 84.2 Å². The highest BCUT2D eigenvalue weighted by Gasteiger charge is 2.49. The van der Waals surface area contributed by atoms with Crippen molar-refractivity contribution in [1.29, 1.82) is 0 Å². The van der Waals surface area contributed by atoms with Gasteiger partial charge in [0.05, 0.1) is 18.0 Å². The van der Waals surface area contributed by atoms with Gasteiger partial charge in [-0.25, -0.2) is 4.39 Å². The average Bonchev–Trinajstić information content (AvgIpc) is 3.26. The summed E-state index contributed by atoms with van der Waals surface area (Å²) in [6.07, 6.45) is 3.31. The Labute approximate surface area is 163 Å². The van der Waals surface area contributed by atoms with E-state index in [2.05, 4.69) is 10.6 Å². The van der Waals surface area contributed by atoms with Crippen LogP contribution in [0.3, 0.4) is 0 Å². The molecule has 2 aliphatic rings. The summed E-state index contributed by atoms with van der Waals surface area (Å²) < 4.78 is 14.1. The molecule has 0 aromatic heterocycles. The van der Waals surface area contributed by atoms with Crippen LogP contribution in [0.1, 0.15) is 24.8 Å². The molecule has 0 aliphatic heterocycles. The monoisotopic (exact) mass is 381 g/mol. The van der Waals surface area contributed by atoms with Crippen LogP contribution in [0.2, 0.25) is 0 Å². The highest BCUT2D eigenvalue weighted by Crippen LogP contribution is 2.47. The number of hydrogen-bond donors (Lipinski definition) is 3. The molecule has 2 saturated carbocycles. The van der Waals surface area contributed by atoms with E-state index in [1.807, 2.05) is 30.3 Å². The summed E-state index contributed by atoms with van der Waals surface area (Å²) in [6, 6.07) is 13.3. The molecule has 4 unspecified atom stereocenters. The first-order valence-corrected chi connectivity index (χ1v) is 9.71. The maximum Gasteiger partial charge on any atom is 0.229 e. The van der Waals surface area contributed by atoms with Crippen molar-refractivity contribution in [3.63, 3.8) is 0 Å². The van der Waals surface area contributed by atoms with Crippen molar-refractivity contribution in [2.45, 2.75) is 31.7 Å². The molecule has 2 amide bonds. The van der Waals surface area contributed by atoms with Gasteiger partial charge in [0.2, 0.25) is 11.8 Å². The molecule has 2 fully saturated rings. The molecule has 0 heterocycles. The van der Waals surface area contributed by atoms with Crippen LogP contribution < -0.4 is 16.4 Å². The second-order valence-corrected chi connectivity index (χ2v) is 7.83. The number of rotatable bonds is 5. The lowest BCUT2D eigenvalue weighted by molar-refractivity contribution is -0.121. The zero-order valence-corrected chi connectivity index (χ0v) is 15.5. The summed E-state index contributed by atoms with van der Waals surface area (Å²) in [4.78, 5) is 24.9. The molecule has 0 spiro atoms. The van der Waals surface area contributed by atoms with Gasteiger partial charge in [0, 0.05) is 11.7 Å². The molecule has 28 heavy (non-hydrogen) atoms. The molecular formula is C22H24FN3O2. The van der Waals surface area contributed by atoms with Crippen molar-refractivity contribution < 1.29 is 14.0 Å². The van der Waals surface area contributed by atoms with Crippen molar-refractivity contribution in [2.75, 3.05) is 10.6 Å². The molecule has 6 heteroatoms. The van der Waals surface area contributed by atoms with Gasteiger partial charge in [-0.1, -0.05) is 30.3 Å². The number of hydrogen-bond acceptors (Lipinski definition) is 3. The van der Waals surface area contributed by atoms with E-state index in [4.69, 9.17) is 5.73 Å². The van der Waals surface area contributed by atoms with Gasteiger partial charge in [0.1, 0.15) is 5.82 Å². The summed E-state index contributed by atoms with van der Waals surface area (Å²) in [5, 5.41) is 5.44. The van der Waals surface area contributed by atoms with Crippen LogP contribution in [0.15, 0.2) is 48.5 Å². The molecule has 0 saturated heterocycles. The zero-order chi connectivity index (χ0) is 19.7. The zero-order valence-electron chi connectivity index (χ0n) is 15.5. The standard InChI is InChI=1S/C22H24FN3O2/c23-17-9-8-16(25-22(28)20-14-6-7-15(11-14)21(20)24)12-18(17)26-19(27)10-13-4-2-1-3-5-13/h1-5,8-9,12,14-15,20-21H,6-7,10-11,24H2,(H,25,28)(H,26,27). The van der Waals surface area contributed by atoms with E-state index in [1.54, 1.807) is 0 Å². The molecule has 2 aromatic carbocycles. The summed E-state index contributed by atoms with van der Waals surface area (Å²) in [5.74, 6) is -0.403. The third-order valence-corrected chi connectivity index (χ3v) is 6.00. The highest BCUT2D eigenvalue weighted by atomic mass is 19.1. The molecule has 146 valence electrons. The molecule has 2 aliphatic carbocycles. The number of benzene rings is 2. The van der Waals surface area contributed by atoms with Crippen LogP contribution in [0.4, 0.5) is 15.8 Å². The average molecular weight is 381 g/mol. The Morgan fingerprint density at radius 1 is 1.04 bits per heavy atom. The van der Waals surface area contributed by atoms with E-state index in [0.717, 1.165) is 24.8 Å². The van der Waals surface area contributed by atoms with Crippen molar-refractivity contribution in [1.82, 2.24) is 0 Å². The Hall–Kier alpha value is -2.73. The minimum atomic E-state index is -0.545. The number of anilines is 2. The van der Waals surface area contributed by atoms with Gasteiger partial charge >= 0.3 is 0 Å². The van der Waals surface area contributed by atoms with Gasteiger partial charge in [-0.15, -0.1) is 0 Å². The second-order valence-electron chi connectivity index (χ2n) is 7.83. The molecule has 0 radical (unpaired) electrons. The van der Waals surface area contributed by atoms with Crippen LogP contribution in [0.25, 0.3) is 0 Å². The second kappa shape index (κ2) is 7.72. The number of nitrogens with two attached hydrogens (primary N) is 1. The van der Waals surface area contributed by atoms with Crippen molar-refractivity contribution in [3.05, 3.63) is 59.9 Å². The maximum atomic E-state index is 14.1. The maximum absolute atomic E-state index is 14.1. The lowest BCUT2D eigenvalue weighted by Crippen LogP contribution is -2.42. The number of amides is 2. The first-order chi connectivity index (χ1) is 13.5. The third-order valence-electron chi connectivity index (χ3n) is 6.00. The summed E-state index contributed by atoms with van der Waals surface area (Å²) in [6.45, 7) is 0. The SMILES string of the molecule is NC1C2CCC(C2)C1C(=O)Nc1ccc(F)c(NC(=O)Cc2ccccc2)c1. The van der Waals surface area contributed by atoms with Crippen LogP contribution >= 0.6 is 0 Å². The van der Waals surface area contributed by atoms with Gasteiger partial charge in [-0.05, 0) is 54.9 Å². The number of nitrogens with one attached hydrogen (secondary N) is 2. The normalized spacial score (nSPS) is 25.5. The number of carbonyl (C=O) groups excluding carboxylic acids is 2. The van der Waals surface area contributed by atoms with Crippen molar-refractivity contribution in [3.8, 4) is 0 Å².